The Morgan fingerprint density at radius 3 is 1.78 bits per heavy atom. The zero-order valence-electron chi connectivity index (χ0n) is 6.72. The second-order valence-corrected chi connectivity index (χ2v) is 2.66. The van der Waals surface area contributed by atoms with Crippen molar-refractivity contribution < 1.29 is 9.58 Å². The van der Waals surface area contributed by atoms with Crippen LogP contribution in [0.25, 0.3) is 0 Å². The van der Waals surface area contributed by atoms with Gasteiger partial charge in [-0.15, -0.1) is 0 Å². The number of rotatable bonds is 3. The summed E-state index contributed by atoms with van der Waals surface area (Å²) in [5.41, 5.74) is 0. The fraction of sp³-hybridized carbons (Fsp3) is 0.857. The first-order valence-corrected chi connectivity index (χ1v) is 3.30. The summed E-state index contributed by atoms with van der Waals surface area (Å²) in [5, 5.41) is 0. The van der Waals surface area contributed by atoms with Crippen molar-refractivity contribution in [2.75, 3.05) is 0 Å². The van der Waals surface area contributed by atoms with E-state index in [1.807, 2.05) is 27.7 Å². The highest BCUT2D eigenvalue weighted by molar-refractivity contribution is 5.13. The predicted octanol–water partition coefficient (Wildman–Crippen LogP) is 1.45. The summed E-state index contributed by atoms with van der Waals surface area (Å²) in [4.78, 5) is 5.23. The van der Waals surface area contributed by atoms with Crippen LogP contribution in [0.5, 0.6) is 0 Å². The van der Waals surface area contributed by atoms with Gasteiger partial charge in [-0.3, -0.25) is 4.84 Å². The van der Waals surface area contributed by atoms with E-state index in [4.69, 9.17) is 4.84 Å². The van der Waals surface area contributed by atoms with Gasteiger partial charge in [0.05, 0.1) is 0 Å². The van der Waals surface area contributed by atoms with Gasteiger partial charge >= 0.3 is 0 Å². The summed E-state index contributed by atoms with van der Waals surface area (Å²) in [5.74, 6) is 0. The maximum atomic E-state index is 5.23. The molecule has 0 aromatic carbocycles. The molecule has 0 amide bonds. The zero-order valence-corrected chi connectivity index (χ0v) is 6.72. The third-order valence-electron chi connectivity index (χ3n) is 0.922. The van der Waals surface area contributed by atoms with Crippen molar-refractivity contribution in [2.45, 2.75) is 39.8 Å². The Morgan fingerprint density at radius 1 is 1.22 bits per heavy atom. The lowest BCUT2D eigenvalue weighted by atomic mass is 10.4. The van der Waals surface area contributed by atoms with Gasteiger partial charge in [0.25, 0.3) is 0 Å². The maximum Gasteiger partial charge on any atom is 0.196 e. The van der Waals surface area contributed by atoms with Gasteiger partial charge in [0.1, 0.15) is 0 Å². The fourth-order valence-corrected chi connectivity index (χ4v) is 0.393. The monoisotopic (exact) mass is 130 g/mol. The van der Waals surface area contributed by atoms with E-state index in [1.165, 1.54) is 0 Å². The van der Waals surface area contributed by atoms with Gasteiger partial charge in [0.15, 0.2) is 18.9 Å². The largest absolute Gasteiger partial charge is 0.275 e. The van der Waals surface area contributed by atoms with Crippen LogP contribution < -0.4 is 0 Å². The van der Waals surface area contributed by atoms with Crippen LogP contribution >= 0.6 is 0 Å². The van der Waals surface area contributed by atoms with Gasteiger partial charge in [-0.05, 0) is 18.6 Å². The Labute approximate surface area is 57.1 Å². The molecule has 0 N–H and O–H groups in total. The first-order valence-electron chi connectivity index (χ1n) is 3.30. The maximum absolute atomic E-state index is 5.23. The smallest absolute Gasteiger partial charge is 0.196 e. The highest BCUT2D eigenvalue weighted by atomic mass is 16.7. The summed E-state index contributed by atoms with van der Waals surface area (Å²) >= 11 is 0. The second kappa shape index (κ2) is 3.49. The van der Waals surface area contributed by atoms with Crippen molar-refractivity contribution in [3.63, 3.8) is 0 Å². The van der Waals surface area contributed by atoms with Gasteiger partial charge < -0.3 is 0 Å². The van der Waals surface area contributed by atoms with Gasteiger partial charge in [0.2, 0.25) is 0 Å². The molecule has 0 aromatic rings. The van der Waals surface area contributed by atoms with Crippen molar-refractivity contribution in [1.82, 2.24) is 0 Å². The van der Waals surface area contributed by atoms with E-state index in [-0.39, 0.29) is 6.10 Å². The standard InChI is InChI=1S/C7H16NO/c1-6(2)8(5)9-7(3)4/h6-7H,5H2,1-4H3/q+1. The SMILES string of the molecule is C=[N+](OC(C)C)C(C)C. The molecule has 9 heavy (non-hydrogen) atoms. The lowest BCUT2D eigenvalue weighted by Crippen LogP contribution is -2.22. The molecule has 0 rings (SSSR count). The van der Waals surface area contributed by atoms with E-state index < -0.39 is 0 Å². The lowest BCUT2D eigenvalue weighted by Gasteiger charge is -2.06. The van der Waals surface area contributed by atoms with E-state index in [9.17, 15) is 0 Å². The minimum Gasteiger partial charge on any atom is -0.275 e. The summed E-state index contributed by atoms with van der Waals surface area (Å²) < 4.78 is 1.62. The molecule has 0 atom stereocenters. The Balaban J connectivity index is 3.51. The number of hydroxylamine groups is 1. The van der Waals surface area contributed by atoms with Crippen molar-refractivity contribution in [2.24, 2.45) is 0 Å². The molecule has 0 heterocycles. The molecule has 2 heteroatoms. The summed E-state index contributed by atoms with van der Waals surface area (Å²) in [6.07, 6.45) is 0.227. The van der Waals surface area contributed by atoms with Crippen molar-refractivity contribution >= 4 is 6.72 Å². The minimum absolute atomic E-state index is 0.227. The van der Waals surface area contributed by atoms with Gasteiger partial charge in [-0.2, -0.15) is 0 Å². The lowest BCUT2D eigenvalue weighted by molar-refractivity contribution is -0.809. The Kier molecular flexibility index (Phi) is 3.28. The average Bonchev–Trinajstić information content (AvgIpc) is 1.63. The first kappa shape index (κ1) is 8.47. The third kappa shape index (κ3) is 4.01. The molecule has 0 aromatic heterocycles. The molecule has 0 aliphatic heterocycles. The van der Waals surface area contributed by atoms with E-state index in [2.05, 4.69) is 6.72 Å². The van der Waals surface area contributed by atoms with Crippen LogP contribution in [0.4, 0.5) is 0 Å². The first-order chi connectivity index (χ1) is 4.04. The highest BCUT2D eigenvalue weighted by Crippen LogP contribution is 1.92. The average molecular weight is 130 g/mol. The van der Waals surface area contributed by atoms with E-state index >= 15 is 0 Å². The second-order valence-electron chi connectivity index (χ2n) is 2.66. The van der Waals surface area contributed by atoms with Crippen LogP contribution in [0.1, 0.15) is 27.7 Å². The normalized spacial score (nSPS) is 10.4. The summed E-state index contributed by atoms with van der Waals surface area (Å²) in [6, 6.07) is 0.354. The highest BCUT2D eigenvalue weighted by Gasteiger charge is 2.08. The topological polar surface area (TPSA) is 12.2 Å². The molecule has 0 bridgehead atoms. The Morgan fingerprint density at radius 2 is 1.67 bits per heavy atom. The Hall–Kier alpha value is -0.530. The van der Waals surface area contributed by atoms with Gasteiger partial charge in [-0.1, -0.05) is 0 Å². The van der Waals surface area contributed by atoms with E-state index in [1.54, 1.807) is 4.74 Å². The molecular weight excluding hydrogens is 114 g/mol. The molecule has 0 aliphatic carbocycles. The summed E-state index contributed by atoms with van der Waals surface area (Å²) in [7, 11) is 0. The molecular formula is C7H16NO+. The van der Waals surface area contributed by atoms with Crippen LogP contribution in [-0.4, -0.2) is 23.6 Å². The molecule has 2 nitrogen and oxygen atoms in total. The van der Waals surface area contributed by atoms with Crippen molar-refractivity contribution in [3.05, 3.63) is 0 Å². The molecule has 0 saturated heterocycles. The zero-order chi connectivity index (χ0) is 7.44. The minimum atomic E-state index is 0.227. The van der Waals surface area contributed by atoms with Crippen LogP contribution in [0, 0.1) is 0 Å². The number of hydrogen-bond donors (Lipinski definition) is 0. The number of nitrogens with zero attached hydrogens (tertiary/aromatic N) is 1. The molecule has 0 spiro atoms. The van der Waals surface area contributed by atoms with Crippen molar-refractivity contribution in [1.29, 1.82) is 0 Å². The van der Waals surface area contributed by atoms with Crippen LogP contribution in [0.15, 0.2) is 0 Å². The molecule has 0 radical (unpaired) electrons. The fourth-order valence-electron chi connectivity index (χ4n) is 0.393. The molecule has 0 unspecified atom stereocenters. The van der Waals surface area contributed by atoms with Crippen LogP contribution in [-0.2, 0) is 4.84 Å². The molecule has 0 fully saturated rings. The van der Waals surface area contributed by atoms with Gasteiger partial charge in [-0.25, -0.2) is 0 Å². The third-order valence-corrected chi connectivity index (χ3v) is 0.922. The van der Waals surface area contributed by atoms with Crippen LogP contribution in [0.3, 0.4) is 0 Å². The van der Waals surface area contributed by atoms with E-state index in [0.29, 0.717) is 6.04 Å². The van der Waals surface area contributed by atoms with Crippen molar-refractivity contribution in [3.8, 4) is 0 Å². The van der Waals surface area contributed by atoms with Gasteiger partial charge in [0, 0.05) is 13.8 Å². The molecule has 0 aliphatic rings. The van der Waals surface area contributed by atoms with Crippen LogP contribution in [0.2, 0.25) is 0 Å². The predicted molar refractivity (Wildman–Crippen MR) is 38.7 cm³/mol. The Bertz CT molecular complexity index is 97.1. The quantitative estimate of drug-likeness (QED) is 0.320. The molecule has 0 saturated carbocycles. The molecule has 54 valence electrons. The number of hydrogen-bond acceptors (Lipinski definition) is 1. The van der Waals surface area contributed by atoms with E-state index in [0.717, 1.165) is 0 Å². The summed E-state index contributed by atoms with van der Waals surface area (Å²) in [6.45, 7) is 11.7.